The number of ether oxygens (including phenoxy) is 1. The van der Waals surface area contributed by atoms with Crippen molar-refractivity contribution in [2.75, 3.05) is 13.1 Å². The van der Waals surface area contributed by atoms with E-state index in [0.717, 1.165) is 55.6 Å². The molecule has 0 saturated heterocycles. The number of amides is 1. The predicted octanol–water partition coefficient (Wildman–Crippen LogP) is 5.15. The highest BCUT2D eigenvalue weighted by Crippen LogP contribution is 2.09. The van der Waals surface area contributed by atoms with Crippen molar-refractivity contribution in [2.45, 2.75) is 45.3 Å². The summed E-state index contributed by atoms with van der Waals surface area (Å²) in [5.41, 5.74) is 2.95. The van der Waals surface area contributed by atoms with E-state index < -0.39 is 0 Å². The maximum absolute atomic E-state index is 12.5. The Balaban J connectivity index is 1.73. The smallest absolute Gasteiger partial charge is 0.244 e. The number of hydrogen-bond acceptors (Lipinski definition) is 4. The topological polar surface area (TPSA) is 62.4 Å². The van der Waals surface area contributed by atoms with E-state index in [1.54, 1.807) is 6.08 Å². The number of hydrogen-bond donors (Lipinski definition) is 3. The number of unbranched alkanes of at least 4 members (excludes halogenated alkanes) is 1. The highest BCUT2D eigenvalue weighted by atomic mass is 16.5. The van der Waals surface area contributed by atoms with Crippen LogP contribution in [-0.2, 0) is 16.1 Å². The number of carbonyl (C=O) groups excluding carboxylic acids is 1. The highest BCUT2D eigenvalue weighted by Gasteiger charge is 2.14. The van der Waals surface area contributed by atoms with Crippen molar-refractivity contribution >= 4 is 12.0 Å². The molecular weight excluding hydrogens is 410 g/mol. The minimum Gasteiger partial charge on any atom is -0.475 e. The lowest BCUT2D eigenvalue weighted by atomic mass is 10.1. The van der Waals surface area contributed by atoms with Crippen LogP contribution in [0.1, 0.15) is 43.7 Å². The lowest BCUT2D eigenvalue weighted by molar-refractivity contribution is -0.117. The molecule has 0 heterocycles. The summed E-state index contributed by atoms with van der Waals surface area (Å²) in [6.45, 7) is 12.3. The molecule has 0 fully saturated rings. The quantitative estimate of drug-likeness (QED) is 0.189. The molecule has 2 rings (SSSR count). The van der Waals surface area contributed by atoms with Crippen LogP contribution in [0.3, 0.4) is 0 Å². The van der Waals surface area contributed by atoms with Gasteiger partial charge in [0, 0.05) is 24.9 Å². The van der Waals surface area contributed by atoms with Crippen LogP contribution < -0.4 is 16.0 Å². The van der Waals surface area contributed by atoms with E-state index in [-0.39, 0.29) is 11.9 Å². The van der Waals surface area contributed by atoms with Crippen LogP contribution in [0.4, 0.5) is 0 Å². The number of benzene rings is 2. The Labute approximate surface area is 198 Å². The first kappa shape index (κ1) is 25.8. The van der Waals surface area contributed by atoms with E-state index in [2.05, 4.69) is 36.0 Å². The van der Waals surface area contributed by atoms with Gasteiger partial charge in [-0.15, -0.1) is 0 Å². The van der Waals surface area contributed by atoms with Crippen LogP contribution in [0.2, 0.25) is 0 Å². The lowest BCUT2D eigenvalue weighted by Gasteiger charge is -2.22. The van der Waals surface area contributed by atoms with E-state index in [1.165, 1.54) is 0 Å². The standard InChI is InChI=1S/C28H37N3O2/c1-4-20-29-23(2)27(31-28(32)19-18-25-13-7-5-8-14-25)17-11-12-21-30-24(3)33-22-26-15-9-6-10-16-26/h5-10,13-16,18-19,27,29-30H,2-4,11-12,17,20-22H2,1H3,(H,31,32)/b19-18+. The SMILES string of the molecule is C=C(NCCCCC(NC(=O)/C=C/c1ccccc1)C(=C)NCCC)OCc1ccccc1. The average molecular weight is 448 g/mol. The van der Waals surface area contributed by atoms with Crippen molar-refractivity contribution in [1.29, 1.82) is 0 Å². The van der Waals surface area contributed by atoms with E-state index in [9.17, 15) is 4.79 Å². The lowest BCUT2D eigenvalue weighted by Crippen LogP contribution is -2.39. The number of nitrogens with one attached hydrogen (secondary N) is 3. The molecule has 2 aromatic rings. The van der Waals surface area contributed by atoms with Crippen molar-refractivity contribution < 1.29 is 9.53 Å². The van der Waals surface area contributed by atoms with Crippen molar-refractivity contribution in [3.05, 3.63) is 103 Å². The normalized spacial score (nSPS) is 11.5. The molecule has 3 N–H and O–H groups in total. The second kappa shape index (κ2) is 15.4. The van der Waals surface area contributed by atoms with Gasteiger partial charge in [0.25, 0.3) is 0 Å². The van der Waals surface area contributed by atoms with Gasteiger partial charge in [-0.2, -0.15) is 0 Å². The fourth-order valence-corrected chi connectivity index (χ4v) is 3.20. The average Bonchev–Trinajstić information content (AvgIpc) is 2.85. The third kappa shape index (κ3) is 11.1. The fraction of sp³-hybridized carbons (Fsp3) is 0.321. The van der Waals surface area contributed by atoms with Crippen molar-refractivity contribution in [3.63, 3.8) is 0 Å². The molecule has 33 heavy (non-hydrogen) atoms. The second-order valence-corrected chi connectivity index (χ2v) is 7.88. The maximum atomic E-state index is 12.5. The van der Waals surface area contributed by atoms with Crippen LogP contribution in [0.15, 0.2) is 91.5 Å². The maximum Gasteiger partial charge on any atom is 0.244 e. The highest BCUT2D eigenvalue weighted by molar-refractivity contribution is 5.92. The molecule has 5 nitrogen and oxygen atoms in total. The molecular formula is C28H37N3O2. The first-order chi connectivity index (χ1) is 16.1. The van der Waals surface area contributed by atoms with E-state index in [4.69, 9.17) is 4.74 Å². The summed E-state index contributed by atoms with van der Waals surface area (Å²) < 4.78 is 5.66. The molecule has 1 atom stereocenters. The van der Waals surface area contributed by atoms with Crippen molar-refractivity contribution in [3.8, 4) is 0 Å². The van der Waals surface area contributed by atoms with Gasteiger partial charge in [0.1, 0.15) is 6.61 Å². The fourth-order valence-electron chi connectivity index (χ4n) is 3.20. The Morgan fingerprint density at radius 2 is 1.67 bits per heavy atom. The molecule has 0 bridgehead atoms. The minimum atomic E-state index is -0.123. The molecule has 0 aliphatic carbocycles. The van der Waals surface area contributed by atoms with Gasteiger partial charge in [-0.3, -0.25) is 4.79 Å². The first-order valence-electron chi connectivity index (χ1n) is 11.6. The van der Waals surface area contributed by atoms with Crippen LogP contribution >= 0.6 is 0 Å². The largest absolute Gasteiger partial charge is 0.475 e. The Bertz CT molecular complexity index is 879. The summed E-state index contributed by atoms with van der Waals surface area (Å²) in [7, 11) is 0. The van der Waals surface area contributed by atoms with Crippen molar-refractivity contribution in [1.82, 2.24) is 16.0 Å². The zero-order chi connectivity index (χ0) is 23.7. The Hall–Kier alpha value is -3.47. The molecule has 1 unspecified atom stereocenters. The summed E-state index contributed by atoms with van der Waals surface area (Å²) in [4.78, 5) is 12.5. The first-order valence-corrected chi connectivity index (χ1v) is 11.6. The zero-order valence-corrected chi connectivity index (χ0v) is 19.7. The third-order valence-corrected chi connectivity index (χ3v) is 5.06. The molecule has 0 radical (unpaired) electrons. The van der Waals surface area contributed by atoms with E-state index in [1.807, 2.05) is 66.7 Å². The monoisotopic (exact) mass is 447 g/mol. The van der Waals surface area contributed by atoms with Gasteiger partial charge in [-0.1, -0.05) is 74.2 Å². The molecule has 0 spiro atoms. The van der Waals surface area contributed by atoms with E-state index >= 15 is 0 Å². The number of carbonyl (C=O) groups is 1. The Kier molecular flexibility index (Phi) is 12.0. The van der Waals surface area contributed by atoms with Crippen LogP contribution in [0.5, 0.6) is 0 Å². The summed E-state index contributed by atoms with van der Waals surface area (Å²) in [5.74, 6) is 0.452. The van der Waals surface area contributed by atoms with Gasteiger partial charge in [0.15, 0.2) is 5.88 Å². The van der Waals surface area contributed by atoms with Crippen molar-refractivity contribution in [2.24, 2.45) is 0 Å². The molecule has 2 aromatic carbocycles. The Morgan fingerprint density at radius 3 is 2.36 bits per heavy atom. The zero-order valence-electron chi connectivity index (χ0n) is 19.7. The van der Waals surface area contributed by atoms with Gasteiger partial charge in [0.2, 0.25) is 5.91 Å². The molecule has 176 valence electrons. The minimum absolute atomic E-state index is 0.121. The molecule has 0 saturated carbocycles. The van der Waals surface area contributed by atoms with Gasteiger partial charge in [-0.25, -0.2) is 0 Å². The number of rotatable bonds is 16. The van der Waals surface area contributed by atoms with Gasteiger partial charge < -0.3 is 20.7 Å². The summed E-state index contributed by atoms with van der Waals surface area (Å²) in [6.07, 6.45) is 7.06. The molecule has 1 amide bonds. The molecule has 0 aromatic heterocycles. The van der Waals surface area contributed by atoms with Crippen LogP contribution in [0, 0.1) is 0 Å². The third-order valence-electron chi connectivity index (χ3n) is 5.06. The molecule has 5 heteroatoms. The summed E-state index contributed by atoms with van der Waals surface area (Å²) in [5, 5.41) is 9.62. The van der Waals surface area contributed by atoms with Crippen LogP contribution in [-0.4, -0.2) is 25.0 Å². The predicted molar refractivity (Wildman–Crippen MR) is 137 cm³/mol. The van der Waals surface area contributed by atoms with Crippen LogP contribution in [0.25, 0.3) is 6.08 Å². The Morgan fingerprint density at radius 1 is 0.970 bits per heavy atom. The van der Waals surface area contributed by atoms with Gasteiger partial charge in [-0.05, 0) is 49.5 Å². The summed E-state index contributed by atoms with van der Waals surface area (Å²) >= 11 is 0. The molecule has 0 aliphatic rings. The van der Waals surface area contributed by atoms with E-state index in [0.29, 0.717) is 12.5 Å². The molecule has 0 aliphatic heterocycles. The second-order valence-electron chi connectivity index (χ2n) is 7.88. The van der Waals surface area contributed by atoms with Gasteiger partial charge >= 0.3 is 0 Å². The van der Waals surface area contributed by atoms with Gasteiger partial charge in [0.05, 0.1) is 6.04 Å². The summed E-state index contributed by atoms with van der Waals surface area (Å²) in [6, 6.07) is 19.7.